The number of aliphatic hydroxyl groups excluding tert-OH is 1. The van der Waals surface area contributed by atoms with Gasteiger partial charge in [-0.05, 0) is 31.8 Å². The van der Waals surface area contributed by atoms with Crippen molar-refractivity contribution in [3.63, 3.8) is 0 Å². The van der Waals surface area contributed by atoms with Crippen LogP contribution in [0.15, 0.2) is 48.1 Å². The van der Waals surface area contributed by atoms with Gasteiger partial charge in [0.05, 0.1) is 5.76 Å². The lowest BCUT2D eigenvalue weighted by Gasteiger charge is -2.08. The van der Waals surface area contributed by atoms with E-state index >= 15 is 0 Å². The summed E-state index contributed by atoms with van der Waals surface area (Å²) in [4.78, 5) is 0. The van der Waals surface area contributed by atoms with E-state index in [9.17, 15) is 0 Å². The molecular weight excluding hydrogens is 192 g/mol. The third kappa shape index (κ3) is 6.61. The van der Waals surface area contributed by atoms with Crippen LogP contribution in [0.25, 0.3) is 0 Å². The summed E-state index contributed by atoms with van der Waals surface area (Å²) in [5.41, 5.74) is 1.11. The first-order valence-electron chi connectivity index (χ1n) is 4.52. The van der Waals surface area contributed by atoms with Crippen LogP contribution in [0.5, 0.6) is 0 Å². The van der Waals surface area contributed by atoms with Gasteiger partial charge in [-0.15, -0.1) is 11.8 Å². The summed E-state index contributed by atoms with van der Waals surface area (Å²) in [6.45, 7) is 11.2. The van der Waals surface area contributed by atoms with Crippen LogP contribution >= 0.6 is 11.8 Å². The van der Waals surface area contributed by atoms with Crippen LogP contribution in [0, 0.1) is 0 Å². The highest BCUT2D eigenvalue weighted by atomic mass is 32.2. The van der Waals surface area contributed by atoms with E-state index in [-0.39, 0.29) is 0 Å². The Morgan fingerprint density at radius 2 is 2.14 bits per heavy atom. The molecule has 1 N–H and O–H groups in total. The van der Waals surface area contributed by atoms with Crippen molar-refractivity contribution in [1.29, 1.82) is 0 Å². The Labute approximate surface area is 90.9 Å². The standard InChI is InChI=1S/C12H18OS/c1-5-14-12(10(2)3)9-7-6-8-11(4)13/h5,7-9,12-13H,1-2,6H2,3-4H3/b9-7-,11-8+. The maximum absolute atomic E-state index is 8.92. The van der Waals surface area contributed by atoms with Crippen molar-refractivity contribution in [3.05, 3.63) is 48.1 Å². The largest absolute Gasteiger partial charge is 0.513 e. The van der Waals surface area contributed by atoms with E-state index in [1.165, 1.54) is 0 Å². The van der Waals surface area contributed by atoms with Gasteiger partial charge in [0.15, 0.2) is 0 Å². The fourth-order valence-corrected chi connectivity index (χ4v) is 1.51. The Morgan fingerprint density at radius 3 is 2.57 bits per heavy atom. The first-order valence-corrected chi connectivity index (χ1v) is 5.46. The lowest BCUT2D eigenvalue weighted by Crippen LogP contribution is -1.96. The van der Waals surface area contributed by atoms with Crippen LogP contribution in [-0.4, -0.2) is 10.4 Å². The highest BCUT2D eigenvalue weighted by molar-refractivity contribution is 8.03. The van der Waals surface area contributed by atoms with Gasteiger partial charge in [-0.1, -0.05) is 30.9 Å². The molecule has 0 aliphatic carbocycles. The van der Waals surface area contributed by atoms with Crippen molar-refractivity contribution in [3.8, 4) is 0 Å². The predicted molar refractivity (Wildman–Crippen MR) is 66.5 cm³/mol. The van der Waals surface area contributed by atoms with Crippen LogP contribution in [0.2, 0.25) is 0 Å². The van der Waals surface area contributed by atoms with Crippen LogP contribution < -0.4 is 0 Å². The molecule has 0 aromatic heterocycles. The summed E-state index contributed by atoms with van der Waals surface area (Å²) in [6, 6.07) is 0. The minimum Gasteiger partial charge on any atom is -0.513 e. The maximum atomic E-state index is 8.92. The highest BCUT2D eigenvalue weighted by Crippen LogP contribution is 2.19. The van der Waals surface area contributed by atoms with Gasteiger partial charge in [0.2, 0.25) is 0 Å². The van der Waals surface area contributed by atoms with Crippen molar-refractivity contribution in [2.45, 2.75) is 25.5 Å². The molecule has 2 heteroatoms. The molecule has 0 aliphatic rings. The summed E-state index contributed by atoms with van der Waals surface area (Å²) in [6.07, 6.45) is 6.62. The molecule has 0 fully saturated rings. The average molecular weight is 210 g/mol. The third-order valence-corrected chi connectivity index (χ3v) is 2.63. The Kier molecular flexibility index (Phi) is 7.03. The number of allylic oxidation sites excluding steroid dienone is 3. The van der Waals surface area contributed by atoms with Crippen molar-refractivity contribution < 1.29 is 5.11 Å². The number of hydrogen-bond acceptors (Lipinski definition) is 2. The lowest BCUT2D eigenvalue weighted by molar-refractivity contribution is 0.412. The zero-order valence-electron chi connectivity index (χ0n) is 8.86. The number of thioether (sulfide) groups is 1. The van der Waals surface area contributed by atoms with Gasteiger partial charge in [-0.3, -0.25) is 0 Å². The molecule has 0 amide bonds. The monoisotopic (exact) mass is 210 g/mol. The number of hydrogen-bond donors (Lipinski definition) is 1. The second-order valence-corrected chi connectivity index (χ2v) is 4.19. The van der Waals surface area contributed by atoms with Crippen LogP contribution in [-0.2, 0) is 0 Å². The van der Waals surface area contributed by atoms with E-state index in [1.807, 2.05) is 18.4 Å². The maximum Gasteiger partial charge on any atom is 0.0855 e. The van der Waals surface area contributed by atoms with Crippen molar-refractivity contribution in [1.82, 2.24) is 0 Å². The molecule has 0 aliphatic heterocycles. The smallest absolute Gasteiger partial charge is 0.0855 e. The van der Waals surface area contributed by atoms with Crippen molar-refractivity contribution in [2.75, 3.05) is 0 Å². The molecular formula is C12H18OS. The van der Waals surface area contributed by atoms with E-state index in [0.717, 1.165) is 12.0 Å². The summed E-state index contributed by atoms with van der Waals surface area (Å²) >= 11 is 1.64. The Hall–Kier alpha value is -0.890. The molecule has 0 radical (unpaired) electrons. The molecule has 14 heavy (non-hydrogen) atoms. The van der Waals surface area contributed by atoms with E-state index in [2.05, 4.69) is 19.2 Å². The highest BCUT2D eigenvalue weighted by Gasteiger charge is 2.01. The van der Waals surface area contributed by atoms with Gasteiger partial charge < -0.3 is 5.11 Å². The second kappa shape index (κ2) is 7.51. The summed E-state index contributed by atoms with van der Waals surface area (Å²) < 4.78 is 0. The van der Waals surface area contributed by atoms with Gasteiger partial charge in [0.25, 0.3) is 0 Å². The lowest BCUT2D eigenvalue weighted by atomic mass is 10.2. The van der Waals surface area contributed by atoms with Gasteiger partial charge >= 0.3 is 0 Å². The Morgan fingerprint density at radius 1 is 1.50 bits per heavy atom. The van der Waals surface area contributed by atoms with E-state index < -0.39 is 0 Å². The van der Waals surface area contributed by atoms with Crippen LogP contribution in [0.3, 0.4) is 0 Å². The molecule has 78 valence electrons. The second-order valence-electron chi connectivity index (χ2n) is 3.08. The molecule has 0 aromatic carbocycles. The molecule has 0 spiro atoms. The topological polar surface area (TPSA) is 20.2 Å². The summed E-state index contributed by atoms with van der Waals surface area (Å²) in [5, 5.41) is 11.0. The van der Waals surface area contributed by atoms with Gasteiger partial charge in [-0.25, -0.2) is 0 Å². The third-order valence-electron chi connectivity index (χ3n) is 1.59. The zero-order chi connectivity index (χ0) is 11.0. The zero-order valence-corrected chi connectivity index (χ0v) is 9.68. The average Bonchev–Trinajstić information content (AvgIpc) is 2.09. The van der Waals surface area contributed by atoms with Crippen LogP contribution in [0.4, 0.5) is 0 Å². The summed E-state index contributed by atoms with van der Waals surface area (Å²) in [5.74, 6) is 0.359. The molecule has 1 nitrogen and oxygen atoms in total. The fourth-order valence-electron chi connectivity index (χ4n) is 0.870. The molecule has 0 heterocycles. The minimum atomic E-state index is 0.292. The number of aliphatic hydroxyl groups is 1. The minimum absolute atomic E-state index is 0.292. The predicted octanol–water partition coefficient (Wildman–Crippen LogP) is 4.22. The number of rotatable bonds is 6. The van der Waals surface area contributed by atoms with Gasteiger partial charge in [0, 0.05) is 5.25 Å². The SMILES string of the molecule is C=CSC(/C=C\C/C=C(\C)O)C(=C)C. The molecule has 0 saturated heterocycles. The van der Waals surface area contributed by atoms with Gasteiger partial charge in [-0.2, -0.15) is 0 Å². The van der Waals surface area contributed by atoms with Crippen molar-refractivity contribution in [2.24, 2.45) is 0 Å². The first kappa shape index (κ1) is 13.1. The fraction of sp³-hybridized carbons (Fsp3) is 0.333. The molecule has 0 aromatic rings. The molecule has 1 unspecified atom stereocenters. The van der Waals surface area contributed by atoms with Gasteiger partial charge in [0.1, 0.15) is 0 Å². The van der Waals surface area contributed by atoms with Crippen molar-refractivity contribution >= 4 is 11.8 Å². The van der Waals surface area contributed by atoms with E-state index in [0.29, 0.717) is 11.0 Å². The molecule has 0 saturated carbocycles. The molecule has 0 bridgehead atoms. The Balaban J connectivity index is 4.09. The van der Waals surface area contributed by atoms with E-state index in [4.69, 9.17) is 5.11 Å². The molecule has 0 rings (SSSR count). The Bertz CT molecular complexity index is 247. The van der Waals surface area contributed by atoms with Crippen LogP contribution in [0.1, 0.15) is 20.3 Å². The van der Waals surface area contributed by atoms with E-state index in [1.54, 1.807) is 24.8 Å². The quantitative estimate of drug-likeness (QED) is 0.523. The summed E-state index contributed by atoms with van der Waals surface area (Å²) in [7, 11) is 0. The normalized spacial score (nSPS) is 14.3. The first-order chi connectivity index (χ1) is 6.57. The molecule has 1 atom stereocenters.